The van der Waals surface area contributed by atoms with Crippen molar-refractivity contribution in [2.45, 2.75) is 18.7 Å². The topological polar surface area (TPSA) is 75.7 Å². The summed E-state index contributed by atoms with van der Waals surface area (Å²) in [6, 6.07) is 17.3. The van der Waals surface area contributed by atoms with Gasteiger partial charge in [0.1, 0.15) is 18.2 Å². The van der Waals surface area contributed by atoms with E-state index >= 15 is 0 Å². The van der Waals surface area contributed by atoms with Crippen LogP contribution in [0.5, 0.6) is 5.75 Å². The summed E-state index contributed by atoms with van der Waals surface area (Å²) in [5.74, 6) is -0.305. The van der Waals surface area contributed by atoms with Crippen LogP contribution in [0.3, 0.4) is 0 Å². The van der Waals surface area contributed by atoms with Gasteiger partial charge >= 0.3 is 0 Å². The second-order valence-electron chi connectivity index (χ2n) is 7.45. The van der Waals surface area contributed by atoms with Gasteiger partial charge in [0.25, 0.3) is 15.9 Å². The van der Waals surface area contributed by atoms with Crippen LogP contribution in [-0.2, 0) is 10.0 Å². The van der Waals surface area contributed by atoms with Crippen LogP contribution in [-0.4, -0.2) is 39.4 Å². The Balaban J connectivity index is 1.72. The first-order chi connectivity index (χ1) is 15.2. The van der Waals surface area contributed by atoms with Crippen molar-refractivity contribution < 1.29 is 22.3 Å². The molecule has 6 nitrogen and oxygen atoms in total. The lowest BCUT2D eigenvalue weighted by Crippen LogP contribution is -2.31. The summed E-state index contributed by atoms with van der Waals surface area (Å²) >= 11 is 0. The maximum atomic E-state index is 13.9. The molecule has 0 atom stereocenters. The smallest absolute Gasteiger partial charge is 0.262 e. The molecule has 0 aliphatic rings. The van der Waals surface area contributed by atoms with Crippen LogP contribution in [0.4, 0.5) is 10.1 Å². The molecule has 168 valence electrons. The lowest BCUT2D eigenvalue weighted by molar-refractivity contribution is 0.0772. The highest BCUT2D eigenvalue weighted by Gasteiger charge is 2.21. The Kier molecular flexibility index (Phi) is 7.15. The predicted octanol–water partition coefficient (Wildman–Crippen LogP) is 4.39. The van der Waals surface area contributed by atoms with E-state index in [1.165, 1.54) is 35.2 Å². The Bertz CT molecular complexity index is 1230. The Morgan fingerprint density at radius 3 is 2.50 bits per heavy atom. The third-order valence-electron chi connectivity index (χ3n) is 4.90. The van der Waals surface area contributed by atoms with E-state index in [-0.39, 0.29) is 28.7 Å². The molecule has 0 saturated carbocycles. The van der Waals surface area contributed by atoms with E-state index in [0.717, 1.165) is 11.6 Å². The highest BCUT2D eigenvalue weighted by atomic mass is 32.2. The van der Waals surface area contributed by atoms with Crippen molar-refractivity contribution >= 4 is 21.6 Å². The first kappa shape index (κ1) is 23.3. The van der Waals surface area contributed by atoms with E-state index in [4.69, 9.17) is 4.74 Å². The summed E-state index contributed by atoms with van der Waals surface area (Å²) in [5, 5.41) is 0. The van der Waals surface area contributed by atoms with Gasteiger partial charge in [0.05, 0.1) is 17.1 Å². The third kappa shape index (κ3) is 5.64. The van der Waals surface area contributed by atoms with Crippen molar-refractivity contribution in [3.8, 4) is 5.75 Å². The first-order valence-corrected chi connectivity index (χ1v) is 11.5. The molecule has 0 bridgehead atoms. The van der Waals surface area contributed by atoms with Gasteiger partial charge in [-0.05, 0) is 61.4 Å². The molecule has 0 aliphatic carbocycles. The molecule has 0 saturated heterocycles. The Hall–Kier alpha value is -3.39. The van der Waals surface area contributed by atoms with Crippen molar-refractivity contribution in [2.24, 2.45) is 0 Å². The van der Waals surface area contributed by atoms with Crippen LogP contribution in [0.15, 0.2) is 71.6 Å². The number of amides is 1. The zero-order chi connectivity index (χ0) is 23.3. The van der Waals surface area contributed by atoms with Crippen LogP contribution in [0.2, 0.25) is 0 Å². The fourth-order valence-electron chi connectivity index (χ4n) is 3.06. The van der Waals surface area contributed by atoms with Gasteiger partial charge in [-0.3, -0.25) is 9.52 Å². The largest absolute Gasteiger partial charge is 0.492 e. The first-order valence-electron chi connectivity index (χ1n) is 10.0. The van der Waals surface area contributed by atoms with Gasteiger partial charge in [0.15, 0.2) is 0 Å². The highest BCUT2D eigenvalue weighted by molar-refractivity contribution is 7.92. The number of rotatable bonds is 8. The number of ether oxygens (including phenoxy) is 1. The van der Waals surface area contributed by atoms with Gasteiger partial charge in [-0.25, -0.2) is 12.8 Å². The van der Waals surface area contributed by atoms with Gasteiger partial charge in [-0.2, -0.15) is 0 Å². The number of nitrogens with one attached hydrogen (secondary N) is 1. The molecule has 1 amide bonds. The zero-order valence-corrected chi connectivity index (χ0v) is 18.9. The van der Waals surface area contributed by atoms with Gasteiger partial charge in [0, 0.05) is 12.6 Å². The van der Waals surface area contributed by atoms with Crippen molar-refractivity contribution in [3.05, 3.63) is 89.2 Å². The van der Waals surface area contributed by atoms with Crippen molar-refractivity contribution in [3.63, 3.8) is 0 Å². The average Bonchev–Trinajstić information content (AvgIpc) is 2.75. The van der Waals surface area contributed by atoms with Gasteiger partial charge in [-0.15, -0.1) is 0 Å². The number of hydrogen-bond donors (Lipinski definition) is 1. The number of sulfonamides is 1. The van der Waals surface area contributed by atoms with E-state index in [1.807, 2.05) is 31.2 Å². The number of hydrogen-bond acceptors (Lipinski definition) is 4. The summed E-state index contributed by atoms with van der Waals surface area (Å²) in [6.45, 7) is 4.30. The van der Waals surface area contributed by atoms with Crippen molar-refractivity contribution in [2.75, 3.05) is 24.9 Å². The summed E-state index contributed by atoms with van der Waals surface area (Å²) in [4.78, 5) is 14.3. The van der Waals surface area contributed by atoms with E-state index in [2.05, 4.69) is 4.72 Å². The molecule has 0 fully saturated rings. The molecule has 8 heteroatoms. The molecule has 3 aromatic rings. The number of para-hydroxylation sites is 1. The third-order valence-corrected chi connectivity index (χ3v) is 6.26. The summed E-state index contributed by atoms with van der Waals surface area (Å²) in [6.07, 6.45) is 0. The molecule has 3 aromatic carbocycles. The van der Waals surface area contributed by atoms with Gasteiger partial charge < -0.3 is 9.64 Å². The minimum atomic E-state index is -4.08. The quantitative estimate of drug-likeness (QED) is 0.545. The van der Waals surface area contributed by atoms with Gasteiger partial charge in [-0.1, -0.05) is 30.3 Å². The number of halogens is 1. The summed E-state index contributed by atoms with van der Waals surface area (Å²) in [7, 11) is -2.45. The fourth-order valence-corrected chi connectivity index (χ4v) is 4.15. The van der Waals surface area contributed by atoms with Crippen LogP contribution < -0.4 is 9.46 Å². The second kappa shape index (κ2) is 9.82. The van der Waals surface area contributed by atoms with Crippen molar-refractivity contribution in [1.29, 1.82) is 0 Å². The summed E-state index contributed by atoms with van der Waals surface area (Å²) in [5.41, 5.74) is 1.79. The molecule has 0 heterocycles. The lowest BCUT2D eigenvalue weighted by atomic mass is 10.1. The number of carbonyl (C=O) groups excluding carboxylic acids is 1. The number of likely N-dealkylation sites (N-methyl/N-ethyl adjacent to an activating group) is 1. The van der Waals surface area contributed by atoms with E-state index in [9.17, 15) is 17.6 Å². The monoisotopic (exact) mass is 456 g/mol. The average molecular weight is 457 g/mol. The minimum Gasteiger partial charge on any atom is -0.492 e. The van der Waals surface area contributed by atoms with Crippen LogP contribution in [0, 0.1) is 19.7 Å². The number of carbonyl (C=O) groups is 1. The van der Waals surface area contributed by atoms with Crippen molar-refractivity contribution in [1.82, 2.24) is 4.90 Å². The lowest BCUT2D eigenvalue weighted by Gasteiger charge is -2.19. The maximum absolute atomic E-state index is 13.9. The molecule has 0 aromatic heterocycles. The van der Waals surface area contributed by atoms with E-state index in [1.54, 1.807) is 20.0 Å². The Morgan fingerprint density at radius 2 is 1.78 bits per heavy atom. The molecule has 0 radical (unpaired) electrons. The van der Waals surface area contributed by atoms with Crippen LogP contribution in [0.25, 0.3) is 0 Å². The maximum Gasteiger partial charge on any atom is 0.262 e. The number of nitrogens with zero attached hydrogens (tertiary/aromatic N) is 1. The molecule has 0 aliphatic heterocycles. The second-order valence-corrected chi connectivity index (χ2v) is 9.14. The fraction of sp³-hybridized carbons (Fsp3) is 0.208. The van der Waals surface area contributed by atoms with Crippen LogP contribution in [0.1, 0.15) is 21.5 Å². The zero-order valence-electron chi connectivity index (χ0n) is 18.1. The van der Waals surface area contributed by atoms with Gasteiger partial charge in [0.2, 0.25) is 0 Å². The molecule has 0 unspecified atom stereocenters. The SMILES string of the molecule is Cc1cccc(OCCN(C)C(=O)c2cc(S(=O)(=O)Nc3ccccc3F)ccc2C)c1. The molecular formula is C24H25FN2O4S. The molecule has 0 spiro atoms. The number of anilines is 1. The minimum absolute atomic E-state index is 0.126. The number of benzene rings is 3. The highest BCUT2D eigenvalue weighted by Crippen LogP contribution is 2.22. The van der Waals surface area contributed by atoms with E-state index in [0.29, 0.717) is 17.9 Å². The molecule has 3 rings (SSSR count). The molecule has 1 N–H and O–H groups in total. The predicted molar refractivity (Wildman–Crippen MR) is 122 cm³/mol. The Morgan fingerprint density at radius 1 is 1.03 bits per heavy atom. The summed E-state index contributed by atoms with van der Waals surface area (Å²) < 4.78 is 47.3. The molecule has 32 heavy (non-hydrogen) atoms. The van der Waals surface area contributed by atoms with E-state index < -0.39 is 15.8 Å². The Labute approximate surface area is 187 Å². The normalized spacial score (nSPS) is 11.1. The molecular weight excluding hydrogens is 431 g/mol. The standard InChI is InChI=1S/C24H25FN2O4S/c1-17-7-6-8-19(15-17)31-14-13-27(3)24(28)21-16-20(12-11-18(21)2)32(29,30)26-23-10-5-4-9-22(23)25/h4-12,15-16,26H,13-14H2,1-3H3. The van der Waals surface area contributed by atoms with Crippen LogP contribution >= 0.6 is 0 Å². The number of aryl methyl sites for hydroxylation is 2.